The molecular formula is C15H23N3O3Si. The molecular weight excluding hydrogens is 298 g/mol. The van der Waals surface area contributed by atoms with Gasteiger partial charge in [-0.1, -0.05) is 30.3 Å². The minimum atomic E-state index is -2.52. The highest BCUT2D eigenvalue weighted by Gasteiger charge is 2.37. The minimum Gasteiger partial charge on any atom is -0.377 e. The highest BCUT2D eigenvalue weighted by atomic mass is 28.4. The molecule has 2 aromatic rings. The quantitative estimate of drug-likeness (QED) is 0.699. The maximum Gasteiger partial charge on any atom is 0.500 e. The zero-order valence-corrected chi connectivity index (χ0v) is 14.6. The molecule has 0 unspecified atom stereocenters. The van der Waals surface area contributed by atoms with Gasteiger partial charge in [0.25, 0.3) is 0 Å². The van der Waals surface area contributed by atoms with Crippen LogP contribution in [0.1, 0.15) is 12.2 Å². The van der Waals surface area contributed by atoms with Gasteiger partial charge in [-0.3, -0.25) is 0 Å². The van der Waals surface area contributed by atoms with Crippen molar-refractivity contribution < 1.29 is 13.3 Å². The van der Waals surface area contributed by atoms with Crippen LogP contribution in [0.25, 0.3) is 11.4 Å². The molecule has 0 aliphatic heterocycles. The summed E-state index contributed by atoms with van der Waals surface area (Å²) in [6.45, 7) is 2.65. The van der Waals surface area contributed by atoms with Crippen molar-refractivity contribution in [3.8, 4) is 11.4 Å². The smallest absolute Gasteiger partial charge is 0.377 e. The maximum absolute atomic E-state index is 5.44. The molecule has 6 nitrogen and oxygen atoms in total. The van der Waals surface area contributed by atoms with E-state index in [1.54, 1.807) is 21.3 Å². The highest BCUT2D eigenvalue weighted by Crippen LogP contribution is 2.20. The number of aromatic nitrogens is 3. The number of hydrogen-bond donors (Lipinski definition) is 0. The topological polar surface area (TPSA) is 58.4 Å². The molecule has 0 fully saturated rings. The van der Waals surface area contributed by atoms with Crippen molar-refractivity contribution in [3.05, 3.63) is 36.2 Å². The molecule has 0 radical (unpaired) electrons. The summed E-state index contributed by atoms with van der Waals surface area (Å²) in [6.07, 6.45) is 0.852. The fourth-order valence-electron chi connectivity index (χ4n) is 2.41. The molecule has 0 saturated heterocycles. The van der Waals surface area contributed by atoms with Gasteiger partial charge in [0, 0.05) is 39.5 Å². The lowest BCUT2D eigenvalue weighted by molar-refractivity contribution is 0.122. The second kappa shape index (κ2) is 7.64. The first kappa shape index (κ1) is 16.8. The van der Waals surface area contributed by atoms with Gasteiger partial charge in [0.05, 0.1) is 0 Å². The zero-order valence-electron chi connectivity index (χ0n) is 13.6. The van der Waals surface area contributed by atoms with Gasteiger partial charge in [-0.15, -0.1) is 0 Å². The van der Waals surface area contributed by atoms with Gasteiger partial charge in [0.1, 0.15) is 5.82 Å². The predicted molar refractivity (Wildman–Crippen MR) is 86.4 cm³/mol. The van der Waals surface area contributed by atoms with Gasteiger partial charge in [-0.05, 0) is 13.3 Å². The Balaban J connectivity index is 2.08. The van der Waals surface area contributed by atoms with E-state index in [1.165, 1.54) is 0 Å². The normalized spacial score (nSPS) is 11.8. The molecule has 7 heteroatoms. The van der Waals surface area contributed by atoms with Gasteiger partial charge in [-0.2, -0.15) is 5.10 Å². The standard InChI is InChI=1S/C15H23N3O3Si/c1-13-16-15(14-9-6-5-7-10-14)18(17-13)11-8-12-22(19-2,20-3)21-4/h5-7,9-10H,8,11-12H2,1-4H3. The van der Waals surface area contributed by atoms with Crippen molar-refractivity contribution in [2.75, 3.05) is 21.3 Å². The average Bonchev–Trinajstić information content (AvgIpc) is 2.94. The SMILES string of the molecule is CO[Si](CCCn1nc(C)nc1-c1ccccc1)(OC)OC. The molecule has 0 spiro atoms. The van der Waals surface area contributed by atoms with Gasteiger partial charge in [0.2, 0.25) is 0 Å². The number of rotatable bonds is 8. The van der Waals surface area contributed by atoms with Crippen molar-refractivity contribution in [3.63, 3.8) is 0 Å². The van der Waals surface area contributed by atoms with E-state index < -0.39 is 8.80 Å². The van der Waals surface area contributed by atoms with E-state index in [2.05, 4.69) is 10.1 Å². The summed E-state index contributed by atoms with van der Waals surface area (Å²) in [5, 5.41) is 4.48. The second-order valence-corrected chi connectivity index (χ2v) is 8.06. The summed E-state index contributed by atoms with van der Waals surface area (Å²) in [7, 11) is 2.38. The molecule has 120 valence electrons. The molecule has 22 heavy (non-hydrogen) atoms. The van der Waals surface area contributed by atoms with Crippen molar-refractivity contribution in [1.29, 1.82) is 0 Å². The zero-order chi connectivity index (χ0) is 16.0. The Morgan fingerprint density at radius 2 is 1.68 bits per heavy atom. The van der Waals surface area contributed by atoms with E-state index in [0.717, 1.165) is 36.2 Å². The van der Waals surface area contributed by atoms with Crippen molar-refractivity contribution >= 4 is 8.80 Å². The number of benzene rings is 1. The van der Waals surface area contributed by atoms with Crippen LogP contribution in [-0.2, 0) is 19.8 Å². The van der Waals surface area contributed by atoms with E-state index in [-0.39, 0.29) is 0 Å². The molecule has 0 aliphatic carbocycles. The molecule has 0 N–H and O–H groups in total. The van der Waals surface area contributed by atoms with Crippen molar-refractivity contribution in [2.45, 2.75) is 25.9 Å². The van der Waals surface area contributed by atoms with Gasteiger partial charge in [-0.25, -0.2) is 9.67 Å². The van der Waals surface area contributed by atoms with Crippen molar-refractivity contribution in [2.24, 2.45) is 0 Å². The van der Waals surface area contributed by atoms with E-state index in [4.69, 9.17) is 13.3 Å². The molecule has 0 amide bonds. The molecule has 1 heterocycles. The summed E-state index contributed by atoms with van der Waals surface area (Å²) in [5.41, 5.74) is 1.07. The fraction of sp³-hybridized carbons (Fsp3) is 0.467. The Hall–Kier alpha value is -1.54. The molecule has 0 bridgehead atoms. The summed E-state index contributed by atoms with van der Waals surface area (Å²) < 4.78 is 18.3. The van der Waals surface area contributed by atoms with Crippen LogP contribution < -0.4 is 0 Å². The number of nitrogens with zero attached hydrogens (tertiary/aromatic N) is 3. The Morgan fingerprint density at radius 3 is 2.27 bits per heavy atom. The first-order chi connectivity index (χ1) is 10.6. The van der Waals surface area contributed by atoms with Crippen LogP contribution in [0.4, 0.5) is 0 Å². The third-order valence-electron chi connectivity index (χ3n) is 3.60. The van der Waals surface area contributed by atoms with Crippen molar-refractivity contribution in [1.82, 2.24) is 14.8 Å². The minimum absolute atomic E-state index is 0.740. The van der Waals surface area contributed by atoms with Crippen LogP contribution in [0.2, 0.25) is 6.04 Å². The Labute approximate surface area is 132 Å². The van der Waals surface area contributed by atoms with Crippen LogP contribution in [-0.4, -0.2) is 44.9 Å². The molecule has 0 aliphatic rings. The lowest BCUT2D eigenvalue weighted by Gasteiger charge is -2.24. The van der Waals surface area contributed by atoms with E-state index in [0.29, 0.717) is 0 Å². The maximum atomic E-state index is 5.44. The van der Waals surface area contributed by atoms with Gasteiger partial charge in [0.15, 0.2) is 5.82 Å². The lowest BCUT2D eigenvalue weighted by Crippen LogP contribution is -2.42. The molecule has 0 atom stereocenters. The van der Waals surface area contributed by atoms with Crippen LogP contribution in [0, 0.1) is 6.92 Å². The average molecular weight is 321 g/mol. The van der Waals surface area contributed by atoms with E-state index >= 15 is 0 Å². The molecule has 1 aromatic carbocycles. The first-order valence-corrected chi connectivity index (χ1v) is 9.19. The van der Waals surface area contributed by atoms with Gasteiger partial charge < -0.3 is 13.3 Å². The third-order valence-corrected chi connectivity index (χ3v) is 6.43. The Kier molecular flexibility index (Phi) is 5.84. The molecule has 1 aromatic heterocycles. The first-order valence-electron chi connectivity index (χ1n) is 7.26. The number of aryl methyl sites for hydroxylation is 2. The highest BCUT2D eigenvalue weighted by molar-refractivity contribution is 6.60. The third kappa shape index (κ3) is 3.80. The van der Waals surface area contributed by atoms with Crippen LogP contribution in [0.15, 0.2) is 30.3 Å². The summed E-state index contributed by atoms with van der Waals surface area (Å²) in [6, 6.07) is 10.8. The summed E-state index contributed by atoms with van der Waals surface area (Å²) in [4.78, 5) is 4.53. The van der Waals surface area contributed by atoms with Crippen LogP contribution in [0.3, 0.4) is 0 Å². The fourth-order valence-corrected chi connectivity index (χ4v) is 4.12. The Bertz CT molecular complexity index is 577. The van der Waals surface area contributed by atoms with E-state index in [9.17, 15) is 0 Å². The summed E-state index contributed by atoms with van der Waals surface area (Å²) in [5.74, 6) is 1.66. The number of hydrogen-bond acceptors (Lipinski definition) is 5. The monoisotopic (exact) mass is 321 g/mol. The van der Waals surface area contributed by atoms with Crippen LogP contribution in [0.5, 0.6) is 0 Å². The second-order valence-electron chi connectivity index (χ2n) is 4.97. The molecule has 2 rings (SSSR count). The van der Waals surface area contributed by atoms with E-state index in [1.807, 2.05) is 41.9 Å². The lowest BCUT2D eigenvalue weighted by atomic mass is 10.2. The molecule has 0 saturated carbocycles. The largest absolute Gasteiger partial charge is 0.500 e. The van der Waals surface area contributed by atoms with Crippen LogP contribution >= 0.6 is 0 Å². The summed E-state index contributed by atoms with van der Waals surface area (Å²) >= 11 is 0. The Morgan fingerprint density at radius 1 is 1.05 bits per heavy atom. The van der Waals surface area contributed by atoms with Gasteiger partial charge >= 0.3 is 8.80 Å². The predicted octanol–water partition coefficient (Wildman–Crippen LogP) is 2.52.